The number of nitrogen functional groups attached to an aromatic ring is 1. The monoisotopic (exact) mass is 625 g/mol. The van der Waals surface area contributed by atoms with Crippen LogP contribution >= 0.6 is 12.4 Å². The number of aromatic nitrogens is 1. The molecule has 1 fully saturated rings. The van der Waals surface area contributed by atoms with Gasteiger partial charge in [0.15, 0.2) is 5.72 Å². The number of ether oxygens (including phenoxy) is 3. The van der Waals surface area contributed by atoms with Gasteiger partial charge >= 0.3 is 5.97 Å². The Kier molecular flexibility index (Phi) is 10.4. The number of hydrogen-bond donors (Lipinski definition) is 5. The molecule has 4 rings (SSSR count). The third kappa shape index (κ3) is 7.33. The van der Waals surface area contributed by atoms with E-state index < -0.39 is 29.1 Å². The Morgan fingerprint density at radius 1 is 0.977 bits per heavy atom. The van der Waals surface area contributed by atoms with Crippen molar-refractivity contribution in [2.75, 3.05) is 25.6 Å². The first-order chi connectivity index (χ1) is 20.2. The Labute approximate surface area is 261 Å². The molecule has 234 valence electrons. The summed E-state index contributed by atoms with van der Waals surface area (Å²) in [6.45, 7) is 7.97. The molecule has 2 aromatic carbocycles. The van der Waals surface area contributed by atoms with Gasteiger partial charge in [0.2, 0.25) is 5.88 Å². The summed E-state index contributed by atoms with van der Waals surface area (Å²) in [5.74, 6) is -2.58. The largest absolute Gasteiger partial charge is 0.481 e. The molecule has 0 saturated carbocycles. The normalized spacial score (nSPS) is 17.2. The number of hydrogen-bond acceptors (Lipinski definition) is 8. The quantitative estimate of drug-likeness (QED) is 0.170. The number of rotatable bonds is 9. The van der Waals surface area contributed by atoms with Gasteiger partial charge in [-0.05, 0) is 61.9 Å². The zero-order chi connectivity index (χ0) is 31.5. The minimum atomic E-state index is -1.30. The summed E-state index contributed by atoms with van der Waals surface area (Å²) < 4.78 is 17.2. The van der Waals surface area contributed by atoms with Crippen LogP contribution in [0.1, 0.15) is 64.5 Å². The van der Waals surface area contributed by atoms with Gasteiger partial charge in [-0.25, -0.2) is 9.78 Å². The molecule has 6 N–H and O–H groups in total. The number of carbonyl (C=O) groups excluding carboxylic acids is 2. The molecule has 3 aromatic rings. The molecule has 2 heterocycles. The van der Waals surface area contributed by atoms with E-state index >= 15 is 0 Å². The molecule has 0 aliphatic carbocycles. The number of methoxy groups -OCH3 is 1. The van der Waals surface area contributed by atoms with Gasteiger partial charge in [-0.1, -0.05) is 19.9 Å². The van der Waals surface area contributed by atoms with Gasteiger partial charge in [0, 0.05) is 34.4 Å². The van der Waals surface area contributed by atoms with E-state index in [1.165, 1.54) is 37.4 Å². The van der Waals surface area contributed by atoms with E-state index in [-0.39, 0.29) is 71.2 Å². The molecule has 1 aliphatic rings. The molecular weight excluding hydrogens is 590 g/mol. The van der Waals surface area contributed by atoms with E-state index in [2.05, 4.69) is 15.6 Å². The highest BCUT2D eigenvalue weighted by atomic mass is 35.5. The lowest BCUT2D eigenvalue weighted by atomic mass is 9.94. The molecule has 1 unspecified atom stereocenters. The highest BCUT2D eigenvalue weighted by molar-refractivity contribution is 6.10. The molecule has 1 atom stereocenters. The lowest BCUT2D eigenvalue weighted by molar-refractivity contribution is -0.245. The highest BCUT2D eigenvalue weighted by Gasteiger charge is 2.44. The van der Waals surface area contributed by atoms with Crippen LogP contribution in [0.15, 0.2) is 54.6 Å². The van der Waals surface area contributed by atoms with Gasteiger partial charge in [-0.3, -0.25) is 15.0 Å². The fourth-order valence-electron chi connectivity index (χ4n) is 4.47. The molecule has 0 spiro atoms. The molecule has 12 nitrogen and oxygen atoms in total. The van der Waals surface area contributed by atoms with Crippen molar-refractivity contribution in [2.45, 2.75) is 39.0 Å². The molecule has 13 heteroatoms. The van der Waals surface area contributed by atoms with Crippen molar-refractivity contribution in [1.82, 2.24) is 10.3 Å². The number of nitrogens with one attached hydrogen (secondary N) is 3. The van der Waals surface area contributed by atoms with Crippen LogP contribution in [0, 0.1) is 11.3 Å². The zero-order valence-electron chi connectivity index (χ0n) is 25.0. The number of nitrogens with zero attached hydrogens (tertiary/aromatic N) is 1. The number of amidine groups is 1. The number of nitrogens with two attached hydrogens (primary N) is 1. The van der Waals surface area contributed by atoms with E-state index in [1.807, 2.05) is 27.7 Å². The van der Waals surface area contributed by atoms with Crippen LogP contribution in [-0.4, -0.2) is 65.4 Å². The third-order valence-corrected chi connectivity index (χ3v) is 7.16. The smallest absolute Gasteiger partial charge is 0.336 e. The first-order valence-corrected chi connectivity index (χ1v) is 13.5. The Hall–Kier alpha value is -4.52. The molecule has 1 aromatic heterocycles. The topological polar surface area (TPSA) is 186 Å². The molecule has 0 bridgehead atoms. The maximum atomic E-state index is 13.4. The van der Waals surface area contributed by atoms with Gasteiger partial charge in [-0.2, -0.15) is 0 Å². The van der Waals surface area contributed by atoms with Crippen LogP contribution < -0.4 is 21.1 Å². The summed E-state index contributed by atoms with van der Waals surface area (Å²) in [5.41, 5.74) is 4.98. The van der Waals surface area contributed by atoms with E-state index in [1.54, 1.807) is 24.3 Å². The standard InChI is InChI=1S/C31H35N5O7.ClH/c1-17(2)31(16-42-30(3,4)15-43-31)36-27(37)19-8-11-21(23(14-19)29(39)40)22-12-13-24(41-5)35-25(22)28(38)34-20-9-6-18(7-10-20)26(32)33;/h6-14,17H,15-16H2,1-5H3,(H3,32,33)(H,34,38)(H,36,37)(H,39,40);1H. The number of amides is 2. The molecule has 2 amide bonds. The molecule has 1 aliphatic heterocycles. The van der Waals surface area contributed by atoms with Gasteiger partial charge in [0.05, 0.1) is 31.5 Å². The van der Waals surface area contributed by atoms with Crippen LogP contribution in [0.3, 0.4) is 0 Å². The Balaban J connectivity index is 0.00000529. The van der Waals surface area contributed by atoms with Crippen molar-refractivity contribution in [3.8, 4) is 17.0 Å². The SMILES string of the molecule is COc1ccc(-c2ccc(C(=O)NC3(C(C)C)COC(C)(C)CO3)cc2C(=O)O)c(C(=O)Nc2ccc(C(=N)N)cc2)n1.Cl. The van der Waals surface area contributed by atoms with Crippen molar-refractivity contribution in [2.24, 2.45) is 11.7 Å². The van der Waals surface area contributed by atoms with Crippen molar-refractivity contribution in [3.63, 3.8) is 0 Å². The minimum absolute atomic E-state index is 0. The van der Waals surface area contributed by atoms with E-state index in [0.29, 0.717) is 11.3 Å². The molecule has 1 saturated heterocycles. The van der Waals surface area contributed by atoms with Gasteiger partial charge in [-0.15, -0.1) is 12.4 Å². The predicted octanol–water partition coefficient (Wildman–Crippen LogP) is 4.32. The summed E-state index contributed by atoms with van der Waals surface area (Å²) in [4.78, 5) is 43.5. The Morgan fingerprint density at radius 2 is 1.61 bits per heavy atom. The second-order valence-corrected chi connectivity index (χ2v) is 11.1. The van der Waals surface area contributed by atoms with E-state index in [9.17, 15) is 19.5 Å². The summed E-state index contributed by atoms with van der Waals surface area (Å²) in [7, 11) is 1.40. The third-order valence-electron chi connectivity index (χ3n) is 7.16. The average Bonchev–Trinajstić information content (AvgIpc) is 2.97. The fourth-order valence-corrected chi connectivity index (χ4v) is 4.47. The van der Waals surface area contributed by atoms with Gasteiger partial charge < -0.3 is 35.7 Å². The number of benzene rings is 2. The summed E-state index contributed by atoms with van der Waals surface area (Å²) in [5, 5.41) is 23.3. The summed E-state index contributed by atoms with van der Waals surface area (Å²) >= 11 is 0. The van der Waals surface area contributed by atoms with Crippen molar-refractivity contribution >= 4 is 41.7 Å². The van der Waals surface area contributed by atoms with Crippen molar-refractivity contribution < 1.29 is 33.7 Å². The first-order valence-electron chi connectivity index (χ1n) is 13.5. The van der Waals surface area contributed by atoms with Crippen LogP contribution in [0.25, 0.3) is 11.1 Å². The predicted molar refractivity (Wildman–Crippen MR) is 167 cm³/mol. The minimum Gasteiger partial charge on any atom is -0.481 e. The number of anilines is 1. The maximum absolute atomic E-state index is 13.4. The lowest BCUT2D eigenvalue weighted by Gasteiger charge is -2.46. The average molecular weight is 626 g/mol. The fraction of sp³-hybridized carbons (Fsp3) is 0.323. The van der Waals surface area contributed by atoms with Crippen LogP contribution in [-0.2, 0) is 9.47 Å². The second kappa shape index (κ2) is 13.4. The summed E-state index contributed by atoms with van der Waals surface area (Å²) in [6.07, 6.45) is 0. The number of pyridine rings is 1. The van der Waals surface area contributed by atoms with Crippen molar-refractivity contribution in [3.05, 3.63) is 77.0 Å². The van der Waals surface area contributed by atoms with Crippen LogP contribution in [0.5, 0.6) is 5.88 Å². The van der Waals surface area contributed by atoms with E-state index in [0.717, 1.165) is 0 Å². The molecule has 0 radical (unpaired) electrons. The Bertz CT molecular complexity index is 1560. The van der Waals surface area contributed by atoms with Gasteiger partial charge in [0.1, 0.15) is 11.5 Å². The molecular formula is C31H36ClN5O7. The van der Waals surface area contributed by atoms with Crippen molar-refractivity contribution in [1.29, 1.82) is 5.41 Å². The van der Waals surface area contributed by atoms with Crippen LogP contribution in [0.4, 0.5) is 5.69 Å². The lowest BCUT2D eigenvalue weighted by Crippen LogP contribution is -2.63. The number of aromatic carboxylic acids is 1. The van der Waals surface area contributed by atoms with Gasteiger partial charge in [0.25, 0.3) is 11.8 Å². The van der Waals surface area contributed by atoms with Crippen LogP contribution in [0.2, 0.25) is 0 Å². The van der Waals surface area contributed by atoms with E-state index in [4.69, 9.17) is 25.4 Å². The highest BCUT2D eigenvalue weighted by Crippen LogP contribution is 2.32. The number of halogens is 1. The maximum Gasteiger partial charge on any atom is 0.336 e. The number of carboxylic acids is 1. The second-order valence-electron chi connectivity index (χ2n) is 11.1. The Morgan fingerprint density at radius 3 is 2.16 bits per heavy atom. The zero-order valence-corrected chi connectivity index (χ0v) is 25.8. The molecule has 44 heavy (non-hydrogen) atoms. The summed E-state index contributed by atoms with van der Waals surface area (Å²) in [6, 6.07) is 13.6. The number of carbonyl (C=O) groups is 3. The number of carboxylic acid groups (broad SMARTS) is 1. The first kappa shape index (κ1) is 34.0.